The van der Waals surface area contributed by atoms with Crippen LogP contribution in [0.2, 0.25) is 0 Å². The van der Waals surface area contributed by atoms with Gasteiger partial charge in [-0.15, -0.1) is 0 Å². The van der Waals surface area contributed by atoms with Crippen LogP contribution in [-0.4, -0.2) is 29.0 Å². The molecular weight excluding hydrogens is 348 g/mol. The van der Waals surface area contributed by atoms with Gasteiger partial charge in [0.2, 0.25) is 0 Å². The molecule has 142 valence electrons. The second-order valence-corrected chi connectivity index (χ2v) is 6.65. The number of non-ortho nitro benzene ring substituents is 1. The first-order valence-corrected chi connectivity index (χ1v) is 9.22. The summed E-state index contributed by atoms with van der Waals surface area (Å²) in [5, 5.41) is 11.0. The Hall–Kier alpha value is -2.83. The van der Waals surface area contributed by atoms with Gasteiger partial charge in [0.1, 0.15) is 5.92 Å². The zero-order valence-corrected chi connectivity index (χ0v) is 15.4. The fourth-order valence-electron chi connectivity index (χ4n) is 3.88. The minimum absolute atomic E-state index is 0.00666. The summed E-state index contributed by atoms with van der Waals surface area (Å²) in [6.07, 6.45) is 2.44. The van der Waals surface area contributed by atoms with Gasteiger partial charge in [-0.1, -0.05) is 19.1 Å². The van der Waals surface area contributed by atoms with E-state index in [1.165, 1.54) is 12.1 Å². The van der Waals surface area contributed by atoms with E-state index in [0.29, 0.717) is 36.1 Å². The van der Waals surface area contributed by atoms with E-state index in [9.17, 15) is 19.7 Å². The maximum atomic E-state index is 12.8. The van der Waals surface area contributed by atoms with Crippen LogP contribution in [0.1, 0.15) is 51.0 Å². The highest BCUT2D eigenvalue weighted by atomic mass is 16.6. The van der Waals surface area contributed by atoms with Gasteiger partial charge in [-0.2, -0.15) is 0 Å². The molecule has 1 heterocycles. The second-order valence-electron chi connectivity index (χ2n) is 6.65. The lowest BCUT2D eigenvalue weighted by Crippen LogP contribution is -2.38. The van der Waals surface area contributed by atoms with Crippen molar-refractivity contribution in [2.45, 2.75) is 45.4 Å². The van der Waals surface area contributed by atoms with Crippen LogP contribution >= 0.6 is 0 Å². The van der Waals surface area contributed by atoms with Gasteiger partial charge in [-0.05, 0) is 31.7 Å². The van der Waals surface area contributed by atoms with Crippen molar-refractivity contribution < 1.29 is 19.2 Å². The Morgan fingerprint density at radius 2 is 1.96 bits per heavy atom. The van der Waals surface area contributed by atoms with Crippen LogP contribution in [0.5, 0.6) is 0 Å². The first kappa shape index (κ1) is 18.9. The van der Waals surface area contributed by atoms with E-state index < -0.39 is 22.7 Å². The molecule has 2 aliphatic rings. The van der Waals surface area contributed by atoms with Crippen LogP contribution < -0.4 is 0 Å². The number of nitro benzene ring substituents is 1. The number of ether oxygens (including phenoxy) is 1. The summed E-state index contributed by atoms with van der Waals surface area (Å²) in [6.45, 7) is 3.90. The summed E-state index contributed by atoms with van der Waals surface area (Å²) in [6, 6.07) is 6.06. The number of Topliss-reactive ketones (excluding diaryl/α,β-unsaturated/α-hetero) is 1. The van der Waals surface area contributed by atoms with Crippen LogP contribution in [0.25, 0.3) is 0 Å². The van der Waals surface area contributed by atoms with Gasteiger partial charge in [0, 0.05) is 41.5 Å². The van der Waals surface area contributed by atoms with Crippen molar-refractivity contribution in [2.24, 2.45) is 10.9 Å². The van der Waals surface area contributed by atoms with E-state index in [0.717, 1.165) is 12.1 Å². The fraction of sp³-hybridized carbons (Fsp3) is 0.450. The summed E-state index contributed by atoms with van der Waals surface area (Å²) < 4.78 is 5.28. The van der Waals surface area contributed by atoms with Gasteiger partial charge in [0.15, 0.2) is 5.78 Å². The van der Waals surface area contributed by atoms with Crippen molar-refractivity contribution in [3.8, 4) is 0 Å². The molecule has 3 rings (SSSR count). The SMILES string of the molecule is CCOC(=O)C1C(CC)=NC2=C(C(=O)CCC2)[C@@H]1c1ccc([N+](=O)[O-])cc1. The Morgan fingerprint density at radius 3 is 2.56 bits per heavy atom. The third-order valence-electron chi connectivity index (χ3n) is 5.08. The Balaban J connectivity index is 2.14. The molecule has 0 fully saturated rings. The molecule has 7 nitrogen and oxygen atoms in total. The van der Waals surface area contributed by atoms with E-state index in [1.54, 1.807) is 19.1 Å². The lowest BCUT2D eigenvalue weighted by Gasteiger charge is -2.35. The summed E-state index contributed by atoms with van der Waals surface area (Å²) in [5.41, 5.74) is 2.67. The molecule has 0 N–H and O–H groups in total. The standard InChI is InChI=1S/C20H22N2O5/c1-3-14-19(20(24)27-4-2)17(12-8-10-13(11-9-12)22(25)26)18-15(21-14)6-5-7-16(18)23/h8-11,17,19H,3-7H2,1-2H3/t17-,19?/m0/s1. The lowest BCUT2D eigenvalue weighted by molar-refractivity contribution is -0.384. The molecule has 0 saturated heterocycles. The van der Waals surface area contributed by atoms with E-state index in [-0.39, 0.29) is 18.1 Å². The normalized spacial score (nSPS) is 22.1. The Morgan fingerprint density at radius 1 is 1.26 bits per heavy atom. The summed E-state index contributed by atoms with van der Waals surface area (Å²) >= 11 is 0. The zero-order valence-electron chi connectivity index (χ0n) is 15.4. The molecule has 1 aromatic rings. The predicted molar refractivity (Wildman–Crippen MR) is 99.6 cm³/mol. The Kier molecular flexibility index (Phi) is 5.48. The highest BCUT2D eigenvalue weighted by molar-refractivity contribution is 6.09. The maximum absolute atomic E-state index is 12.8. The van der Waals surface area contributed by atoms with Crippen molar-refractivity contribution in [1.29, 1.82) is 0 Å². The molecule has 0 saturated carbocycles. The molecule has 0 amide bonds. The number of benzene rings is 1. The van der Waals surface area contributed by atoms with Crippen molar-refractivity contribution in [3.63, 3.8) is 0 Å². The van der Waals surface area contributed by atoms with Gasteiger partial charge >= 0.3 is 5.97 Å². The number of hydrogen-bond donors (Lipinski definition) is 0. The van der Waals surface area contributed by atoms with E-state index in [1.807, 2.05) is 6.92 Å². The van der Waals surface area contributed by atoms with Gasteiger partial charge < -0.3 is 4.74 Å². The molecule has 1 aromatic carbocycles. The number of allylic oxidation sites excluding steroid dienone is 2. The quantitative estimate of drug-likeness (QED) is 0.447. The van der Waals surface area contributed by atoms with Crippen LogP contribution in [0, 0.1) is 16.0 Å². The smallest absolute Gasteiger partial charge is 0.315 e. The molecule has 1 aliphatic heterocycles. The van der Waals surface area contributed by atoms with E-state index in [4.69, 9.17) is 4.74 Å². The third-order valence-corrected chi connectivity index (χ3v) is 5.08. The summed E-state index contributed by atoms with van der Waals surface area (Å²) in [4.78, 5) is 40.6. The number of carbonyl (C=O) groups is 2. The van der Waals surface area contributed by atoms with E-state index in [2.05, 4.69) is 4.99 Å². The Bertz CT molecular complexity index is 838. The predicted octanol–water partition coefficient (Wildman–Crippen LogP) is 3.73. The highest BCUT2D eigenvalue weighted by Crippen LogP contribution is 2.44. The maximum Gasteiger partial charge on any atom is 0.315 e. The first-order valence-electron chi connectivity index (χ1n) is 9.22. The molecule has 7 heteroatoms. The van der Waals surface area contributed by atoms with Crippen molar-refractivity contribution in [3.05, 3.63) is 51.2 Å². The average Bonchev–Trinajstić information content (AvgIpc) is 2.67. The van der Waals surface area contributed by atoms with Crippen LogP contribution in [0.3, 0.4) is 0 Å². The number of aliphatic imine (C=N–C) groups is 1. The molecule has 27 heavy (non-hydrogen) atoms. The zero-order chi connectivity index (χ0) is 19.6. The summed E-state index contributed by atoms with van der Waals surface area (Å²) in [7, 11) is 0. The number of hydrogen-bond acceptors (Lipinski definition) is 6. The van der Waals surface area contributed by atoms with Gasteiger partial charge in [-0.25, -0.2) is 0 Å². The van der Waals surface area contributed by atoms with E-state index >= 15 is 0 Å². The second kappa shape index (κ2) is 7.82. The van der Waals surface area contributed by atoms with Crippen LogP contribution in [-0.2, 0) is 14.3 Å². The van der Waals surface area contributed by atoms with Crippen LogP contribution in [0.4, 0.5) is 5.69 Å². The number of ketones is 1. The molecule has 0 spiro atoms. The van der Waals surface area contributed by atoms with Crippen LogP contribution in [0.15, 0.2) is 40.5 Å². The van der Waals surface area contributed by atoms with Gasteiger partial charge in [0.05, 0.1) is 11.5 Å². The monoisotopic (exact) mass is 370 g/mol. The van der Waals surface area contributed by atoms with Gasteiger partial charge in [-0.3, -0.25) is 24.7 Å². The molecular formula is C20H22N2O5. The lowest BCUT2D eigenvalue weighted by atomic mass is 9.71. The minimum atomic E-state index is -0.683. The summed E-state index contributed by atoms with van der Waals surface area (Å²) in [5.74, 6) is -1.61. The van der Waals surface area contributed by atoms with Crippen molar-refractivity contribution >= 4 is 23.2 Å². The number of esters is 1. The third kappa shape index (κ3) is 3.54. The van der Waals surface area contributed by atoms with Crippen molar-refractivity contribution in [1.82, 2.24) is 0 Å². The number of nitro groups is 1. The fourth-order valence-corrected chi connectivity index (χ4v) is 3.88. The molecule has 1 unspecified atom stereocenters. The first-order chi connectivity index (χ1) is 13.0. The van der Waals surface area contributed by atoms with Gasteiger partial charge in [0.25, 0.3) is 5.69 Å². The Labute approximate surface area is 157 Å². The van der Waals surface area contributed by atoms with Crippen molar-refractivity contribution in [2.75, 3.05) is 6.61 Å². The minimum Gasteiger partial charge on any atom is -0.465 e. The highest BCUT2D eigenvalue weighted by Gasteiger charge is 2.43. The number of rotatable bonds is 5. The largest absolute Gasteiger partial charge is 0.465 e. The average molecular weight is 370 g/mol. The number of nitrogens with zero attached hydrogens (tertiary/aromatic N) is 2. The molecule has 2 atom stereocenters. The molecule has 0 bridgehead atoms. The molecule has 1 aliphatic carbocycles. The molecule has 0 radical (unpaired) electrons. The topological polar surface area (TPSA) is 98.9 Å². The number of carbonyl (C=O) groups excluding carboxylic acids is 2. The molecule has 0 aromatic heterocycles.